The molecule has 2 rings (SSSR count). The van der Waals surface area contributed by atoms with Crippen LogP contribution in [0.3, 0.4) is 0 Å². The van der Waals surface area contributed by atoms with Gasteiger partial charge in [-0.05, 0) is 38.0 Å². The van der Waals surface area contributed by atoms with Gasteiger partial charge in [-0.15, -0.1) is 11.3 Å². The summed E-state index contributed by atoms with van der Waals surface area (Å²) in [5.41, 5.74) is 2.68. The normalized spacial score (nSPS) is 10.3. The van der Waals surface area contributed by atoms with Crippen molar-refractivity contribution in [1.29, 1.82) is 0 Å². The zero-order chi connectivity index (χ0) is 14.5. The maximum absolute atomic E-state index is 11.7. The van der Waals surface area contributed by atoms with Crippen LogP contribution in [0.5, 0.6) is 0 Å². The second kappa shape index (κ2) is 6.47. The third-order valence-electron chi connectivity index (χ3n) is 2.83. The van der Waals surface area contributed by atoms with Gasteiger partial charge in [-0.25, -0.2) is 9.78 Å². The number of rotatable bonds is 5. The molecular formula is C14H17N3O2S. The third kappa shape index (κ3) is 3.33. The van der Waals surface area contributed by atoms with E-state index in [9.17, 15) is 4.79 Å². The van der Waals surface area contributed by atoms with Gasteiger partial charge in [-0.2, -0.15) is 0 Å². The predicted molar refractivity (Wildman–Crippen MR) is 79.1 cm³/mol. The molecule has 0 saturated heterocycles. The molecule has 0 fully saturated rings. The molecular weight excluding hydrogens is 274 g/mol. The number of aryl methyl sites for hydroxylation is 2. The van der Waals surface area contributed by atoms with Gasteiger partial charge in [0.25, 0.3) is 0 Å². The Labute approximate surface area is 122 Å². The molecule has 0 spiro atoms. The number of hydrogen-bond acceptors (Lipinski definition) is 6. The van der Waals surface area contributed by atoms with E-state index in [2.05, 4.69) is 15.3 Å². The maximum atomic E-state index is 11.7. The van der Waals surface area contributed by atoms with Crippen molar-refractivity contribution in [3.8, 4) is 0 Å². The molecule has 2 aromatic heterocycles. The van der Waals surface area contributed by atoms with Gasteiger partial charge in [0.05, 0.1) is 6.61 Å². The van der Waals surface area contributed by atoms with Crippen LogP contribution in [0.25, 0.3) is 0 Å². The van der Waals surface area contributed by atoms with Crippen LogP contribution >= 0.6 is 11.3 Å². The first-order valence-electron chi connectivity index (χ1n) is 6.39. The smallest absolute Gasteiger partial charge is 0.358 e. The summed E-state index contributed by atoms with van der Waals surface area (Å²) in [6.07, 6.45) is 3.59. The lowest BCUT2D eigenvalue weighted by molar-refractivity contribution is 0.0519. The number of thiazole rings is 1. The molecule has 5 nitrogen and oxygen atoms in total. The highest BCUT2D eigenvalue weighted by molar-refractivity contribution is 7.15. The van der Waals surface area contributed by atoms with Crippen molar-refractivity contribution >= 4 is 22.4 Å². The quantitative estimate of drug-likeness (QED) is 0.858. The number of nitrogens with zero attached hydrogens (tertiary/aromatic N) is 2. The van der Waals surface area contributed by atoms with Crippen molar-refractivity contribution < 1.29 is 9.53 Å². The van der Waals surface area contributed by atoms with E-state index in [4.69, 9.17) is 4.74 Å². The van der Waals surface area contributed by atoms with E-state index in [1.165, 1.54) is 11.3 Å². The summed E-state index contributed by atoms with van der Waals surface area (Å²) < 4.78 is 4.97. The van der Waals surface area contributed by atoms with Crippen molar-refractivity contribution in [1.82, 2.24) is 9.97 Å². The summed E-state index contributed by atoms with van der Waals surface area (Å²) in [7, 11) is 0. The van der Waals surface area contributed by atoms with Gasteiger partial charge in [-0.1, -0.05) is 0 Å². The van der Waals surface area contributed by atoms with Crippen LogP contribution in [0.15, 0.2) is 18.5 Å². The molecule has 0 atom stereocenters. The van der Waals surface area contributed by atoms with Crippen LogP contribution in [0.4, 0.5) is 5.13 Å². The van der Waals surface area contributed by atoms with E-state index in [0.717, 1.165) is 21.1 Å². The Kier molecular flexibility index (Phi) is 4.68. The van der Waals surface area contributed by atoms with Crippen LogP contribution in [0.1, 0.15) is 33.4 Å². The zero-order valence-electron chi connectivity index (χ0n) is 11.8. The summed E-state index contributed by atoms with van der Waals surface area (Å²) in [5.74, 6) is -0.366. The molecule has 106 valence electrons. The second-order valence-electron chi connectivity index (χ2n) is 4.30. The van der Waals surface area contributed by atoms with E-state index in [1.807, 2.05) is 26.1 Å². The lowest BCUT2D eigenvalue weighted by Crippen LogP contribution is -2.07. The van der Waals surface area contributed by atoms with Gasteiger partial charge >= 0.3 is 5.97 Å². The molecule has 0 aliphatic rings. The first-order valence-corrected chi connectivity index (χ1v) is 7.21. The topological polar surface area (TPSA) is 64.1 Å². The van der Waals surface area contributed by atoms with Gasteiger partial charge in [0.1, 0.15) is 0 Å². The van der Waals surface area contributed by atoms with Crippen LogP contribution < -0.4 is 5.32 Å². The Balaban J connectivity index is 2.06. The second-order valence-corrected chi connectivity index (χ2v) is 5.50. The standard InChI is InChI=1S/C14H17N3O2S/c1-4-19-13(18)12-10(3)20-14(17-12)16-8-11-5-6-15-7-9(11)2/h5-7H,4,8H2,1-3H3,(H,16,17). The molecule has 2 aromatic rings. The molecule has 0 saturated carbocycles. The van der Waals surface area contributed by atoms with Crippen LogP contribution in [-0.4, -0.2) is 22.5 Å². The highest BCUT2D eigenvalue weighted by Gasteiger charge is 2.16. The molecule has 2 heterocycles. The molecule has 20 heavy (non-hydrogen) atoms. The average molecular weight is 291 g/mol. The number of pyridine rings is 1. The number of carbonyl (C=O) groups excluding carboxylic acids is 1. The average Bonchev–Trinajstić information content (AvgIpc) is 2.79. The van der Waals surface area contributed by atoms with Crippen molar-refractivity contribution in [3.05, 3.63) is 40.2 Å². The van der Waals surface area contributed by atoms with Crippen molar-refractivity contribution in [2.45, 2.75) is 27.3 Å². The van der Waals surface area contributed by atoms with Gasteiger partial charge < -0.3 is 10.1 Å². The summed E-state index contributed by atoms with van der Waals surface area (Å²) >= 11 is 1.45. The van der Waals surface area contributed by atoms with Gasteiger partial charge in [0.15, 0.2) is 10.8 Å². The largest absolute Gasteiger partial charge is 0.461 e. The Morgan fingerprint density at radius 3 is 2.95 bits per heavy atom. The van der Waals surface area contributed by atoms with E-state index in [1.54, 1.807) is 13.1 Å². The lowest BCUT2D eigenvalue weighted by atomic mass is 10.2. The first-order chi connectivity index (χ1) is 9.61. The molecule has 0 aliphatic heterocycles. The highest BCUT2D eigenvalue weighted by atomic mass is 32.1. The van der Waals surface area contributed by atoms with E-state index < -0.39 is 0 Å². The molecule has 0 amide bonds. The number of ether oxygens (including phenoxy) is 1. The van der Waals surface area contributed by atoms with Gasteiger partial charge in [0, 0.05) is 23.8 Å². The fourth-order valence-electron chi connectivity index (χ4n) is 1.73. The Morgan fingerprint density at radius 2 is 2.25 bits per heavy atom. The molecule has 1 N–H and O–H groups in total. The van der Waals surface area contributed by atoms with E-state index >= 15 is 0 Å². The zero-order valence-corrected chi connectivity index (χ0v) is 12.6. The summed E-state index contributed by atoms with van der Waals surface area (Å²) in [6, 6.07) is 1.97. The van der Waals surface area contributed by atoms with Crippen molar-refractivity contribution in [2.75, 3.05) is 11.9 Å². The predicted octanol–water partition coefficient (Wildman–Crippen LogP) is 2.94. The molecule has 0 aliphatic carbocycles. The number of anilines is 1. The van der Waals surface area contributed by atoms with Crippen molar-refractivity contribution in [2.24, 2.45) is 0 Å². The minimum Gasteiger partial charge on any atom is -0.461 e. The summed E-state index contributed by atoms with van der Waals surface area (Å²) in [4.78, 5) is 20.9. The van der Waals surface area contributed by atoms with Crippen LogP contribution in [-0.2, 0) is 11.3 Å². The Hall–Kier alpha value is -1.95. The summed E-state index contributed by atoms with van der Waals surface area (Å²) in [5, 5.41) is 3.96. The van der Waals surface area contributed by atoms with Crippen LogP contribution in [0.2, 0.25) is 0 Å². The minimum absolute atomic E-state index is 0.356. The number of aromatic nitrogens is 2. The summed E-state index contributed by atoms with van der Waals surface area (Å²) in [6.45, 7) is 6.68. The molecule has 0 radical (unpaired) electrons. The molecule has 0 aromatic carbocycles. The van der Waals surface area contributed by atoms with E-state index in [-0.39, 0.29) is 5.97 Å². The number of esters is 1. The number of carbonyl (C=O) groups is 1. The first kappa shape index (κ1) is 14.5. The van der Waals surface area contributed by atoms with Crippen LogP contribution in [0, 0.1) is 13.8 Å². The fraction of sp³-hybridized carbons (Fsp3) is 0.357. The molecule has 0 unspecified atom stereocenters. The van der Waals surface area contributed by atoms with Crippen molar-refractivity contribution in [3.63, 3.8) is 0 Å². The van der Waals surface area contributed by atoms with E-state index in [0.29, 0.717) is 18.8 Å². The highest BCUT2D eigenvalue weighted by Crippen LogP contribution is 2.23. The third-order valence-corrected chi connectivity index (χ3v) is 3.76. The minimum atomic E-state index is -0.366. The van der Waals surface area contributed by atoms with Gasteiger partial charge in [-0.3, -0.25) is 4.98 Å². The number of hydrogen-bond donors (Lipinski definition) is 1. The molecule has 6 heteroatoms. The Bertz CT molecular complexity index is 610. The Morgan fingerprint density at radius 1 is 1.45 bits per heavy atom. The fourth-order valence-corrected chi connectivity index (χ4v) is 2.53. The maximum Gasteiger partial charge on any atom is 0.358 e. The number of nitrogens with one attached hydrogen (secondary N) is 1. The monoisotopic (exact) mass is 291 g/mol. The van der Waals surface area contributed by atoms with Gasteiger partial charge in [0.2, 0.25) is 0 Å². The SMILES string of the molecule is CCOC(=O)c1nc(NCc2ccncc2C)sc1C. The molecule has 0 bridgehead atoms. The lowest BCUT2D eigenvalue weighted by Gasteiger charge is -2.05.